The van der Waals surface area contributed by atoms with E-state index in [1.807, 2.05) is 0 Å². The Morgan fingerprint density at radius 1 is 1.60 bits per heavy atom. The maximum absolute atomic E-state index is 11.7. The third-order valence-corrected chi connectivity index (χ3v) is 2.56. The molecule has 1 heterocycles. The first-order valence-electron chi connectivity index (χ1n) is 5.39. The standard InChI is InChI=1S/C10H19N3O2/c1-7(5-9(11)14)13-10(15)8-3-2-4-12-6-8/h7-8,12H,2-6H2,1H3,(H2,11,14)(H,13,15). The summed E-state index contributed by atoms with van der Waals surface area (Å²) in [6, 6.07) is -0.170. The summed E-state index contributed by atoms with van der Waals surface area (Å²) in [5.41, 5.74) is 5.04. The van der Waals surface area contributed by atoms with Gasteiger partial charge in [-0.15, -0.1) is 0 Å². The van der Waals surface area contributed by atoms with Crippen molar-refractivity contribution in [3.63, 3.8) is 0 Å². The summed E-state index contributed by atoms with van der Waals surface area (Å²) in [5.74, 6) is -0.324. The monoisotopic (exact) mass is 213 g/mol. The minimum Gasteiger partial charge on any atom is -0.370 e. The average Bonchev–Trinajstić information content (AvgIpc) is 2.17. The molecule has 0 aromatic rings. The number of carbonyl (C=O) groups is 2. The van der Waals surface area contributed by atoms with Crippen molar-refractivity contribution in [3.05, 3.63) is 0 Å². The van der Waals surface area contributed by atoms with Gasteiger partial charge in [0.2, 0.25) is 11.8 Å². The molecule has 0 bridgehead atoms. The van der Waals surface area contributed by atoms with Gasteiger partial charge in [0.25, 0.3) is 0 Å². The first-order valence-corrected chi connectivity index (χ1v) is 5.39. The van der Waals surface area contributed by atoms with Gasteiger partial charge in [-0.25, -0.2) is 0 Å². The number of rotatable bonds is 4. The van der Waals surface area contributed by atoms with Gasteiger partial charge < -0.3 is 16.4 Å². The summed E-state index contributed by atoms with van der Waals surface area (Å²) in [4.78, 5) is 22.3. The first kappa shape index (κ1) is 12.0. The number of piperidine rings is 1. The molecule has 5 heteroatoms. The molecule has 2 atom stereocenters. The van der Waals surface area contributed by atoms with Crippen LogP contribution in [-0.2, 0) is 9.59 Å². The van der Waals surface area contributed by atoms with E-state index in [0.29, 0.717) is 0 Å². The van der Waals surface area contributed by atoms with E-state index in [2.05, 4.69) is 10.6 Å². The van der Waals surface area contributed by atoms with Crippen LogP contribution in [0.3, 0.4) is 0 Å². The molecule has 1 aliphatic heterocycles. The zero-order valence-electron chi connectivity index (χ0n) is 9.08. The Balaban J connectivity index is 2.30. The van der Waals surface area contributed by atoms with Gasteiger partial charge in [-0.1, -0.05) is 0 Å². The van der Waals surface area contributed by atoms with Crippen LogP contribution < -0.4 is 16.4 Å². The van der Waals surface area contributed by atoms with E-state index in [4.69, 9.17) is 5.73 Å². The fourth-order valence-corrected chi connectivity index (χ4v) is 1.79. The van der Waals surface area contributed by atoms with Gasteiger partial charge >= 0.3 is 0 Å². The van der Waals surface area contributed by atoms with Crippen molar-refractivity contribution in [2.45, 2.75) is 32.2 Å². The number of nitrogens with one attached hydrogen (secondary N) is 2. The molecule has 0 aromatic heterocycles. The highest BCUT2D eigenvalue weighted by Gasteiger charge is 2.22. The molecule has 0 radical (unpaired) electrons. The predicted molar refractivity (Wildman–Crippen MR) is 57.0 cm³/mol. The number of nitrogens with two attached hydrogens (primary N) is 1. The van der Waals surface area contributed by atoms with E-state index < -0.39 is 0 Å². The molecule has 0 aliphatic carbocycles. The molecule has 2 unspecified atom stereocenters. The lowest BCUT2D eigenvalue weighted by Crippen LogP contribution is -2.44. The third kappa shape index (κ3) is 4.29. The van der Waals surface area contributed by atoms with Crippen LogP contribution in [0.1, 0.15) is 26.2 Å². The second kappa shape index (κ2) is 5.70. The minimum atomic E-state index is -0.385. The van der Waals surface area contributed by atoms with Crippen molar-refractivity contribution >= 4 is 11.8 Å². The number of carbonyl (C=O) groups excluding carboxylic acids is 2. The van der Waals surface area contributed by atoms with Crippen molar-refractivity contribution in [2.24, 2.45) is 11.7 Å². The van der Waals surface area contributed by atoms with Gasteiger partial charge in [-0.05, 0) is 26.3 Å². The second-order valence-corrected chi connectivity index (χ2v) is 4.12. The van der Waals surface area contributed by atoms with E-state index in [9.17, 15) is 9.59 Å². The molecule has 0 aromatic carbocycles. The van der Waals surface area contributed by atoms with Crippen LogP contribution >= 0.6 is 0 Å². The highest BCUT2D eigenvalue weighted by atomic mass is 16.2. The summed E-state index contributed by atoms with van der Waals surface area (Å²) in [7, 11) is 0. The summed E-state index contributed by atoms with van der Waals surface area (Å²) in [5, 5.41) is 5.98. The lowest BCUT2D eigenvalue weighted by atomic mass is 9.98. The Kier molecular flexibility index (Phi) is 4.55. The van der Waals surface area contributed by atoms with Crippen molar-refractivity contribution in [1.82, 2.24) is 10.6 Å². The Morgan fingerprint density at radius 3 is 2.87 bits per heavy atom. The van der Waals surface area contributed by atoms with Crippen molar-refractivity contribution in [3.8, 4) is 0 Å². The van der Waals surface area contributed by atoms with E-state index in [1.165, 1.54) is 0 Å². The quantitative estimate of drug-likeness (QED) is 0.581. The van der Waals surface area contributed by atoms with E-state index in [1.54, 1.807) is 6.92 Å². The van der Waals surface area contributed by atoms with Gasteiger partial charge in [0.05, 0.1) is 5.92 Å². The minimum absolute atomic E-state index is 0.0240. The molecule has 15 heavy (non-hydrogen) atoms. The molecule has 2 amide bonds. The highest BCUT2D eigenvalue weighted by Crippen LogP contribution is 2.10. The maximum Gasteiger partial charge on any atom is 0.224 e. The third-order valence-electron chi connectivity index (χ3n) is 2.56. The van der Waals surface area contributed by atoms with Crippen molar-refractivity contribution in [1.29, 1.82) is 0 Å². The molecule has 4 N–H and O–H groups in total. The highest BCUT2D eigenvalue weighted by molar-refractivity contribution is 5.80. The van der Waals surface area contributed by atoms with Gasteiger partial charge in [-0.2, -0.15) is 0 Å². The molecule has 5 nitrogen and oxygen atoms in total. The number of primary amides is 1. The normalized spacial score (nSPS) is 23.1. The van der Waals surface area contributed by atoms with Gasteiger partial charge in [0.1, 0.15) is 0 Å². The lowest BCUT2D eigenvalue weighted by molar-refractivity contribution is -0.126. The average molecular weight is 213 g/mol. The summed E-state index contributed by atoms with van der Waals surface area (Å²) < 4.78 is 0. The number of hydrogen-bond donors (Lipinski definition) is 3. The Morgan fingerprint density at radius 2 is 2.33 bits per heavy atom. The molecule has 86 valence electrons. The zero-order chi connectivity index (χ0) is 11.3. The van der Waals surface area contributed by atoms with Crippen LogP contribution in [0.5, 0.6) is 0 Å². The summed E-state index contributed by atoms with van der Waals surface area (Å²) in [6.07, 6.45) is 2.15. The van der Waals surface area contributed by atoms with Crippen LogP contribution in [0.25, 0.3) is 0 Å². The molecule has 1 saturated heterocycles. The van der Waals surface area contributed by atoms with Crippen molar-refractivity contribution < 1.29 is 9.59 Å². The molecular weight excluding hydrogens is 194 g/mol. The fraction of sp³-hybridized carbons (Fsp3) is 0.800. The molecule has 0 spiro atoms. The smallest absolute Gasteiger partial charge is 0.224 e. The van der Waals surface area contributed by atoms with Gasteiger partial charge in [0, 0.05) is 19.0 Å². The van der Waals surface area contributed by atoms with Gasteiger partial charge in [0.15, 0.2) is 0 Å². The first-order chi connectivity index (χ1) is 7.09. The zero-order valence-corrected chi connectivity index (χ0v) is 9.08. The predicted octanol–water partition coefficient (Wildman–Crippen LogP) is -0.634. The van der Waals surface area contributed by atoms with Crippen LogP contribution in [0.4, 0.5) is 0 Å². The van der Waals surface area contributed by atoms with Crippen LogP contribution in [0.15, 0.2) is 0 Å². The van der Waals surface area contributed by atoms with Crippen molar-refractivity contribution in [2.75, 3.05) is 13.1 Å². The lowest BCUT2D eigenvalue weighted by Gasteiger charge is -2.23. The number of amides is 2. The molecule has 1 rings (SSSR count). The SMILES string of the molecule is CC(CC(N)=O)NC(=O)C1CCCNC1. The van der Waals surface area contributed by atoms with Gasteiger partial charge in [-0.3, -0.25) is 9.59 Å². The fourth-order valence-electron chi connectivity index (χ4n) is 1.79. The van der Waals surface area contributed by atoms with Crippen LogP contribution in [0, 0.1) is 5.92 Å². The molecule has 0 saturated carbocycles. The molecule has 1 aliphatic rings. The summed E-state index contributed by atoms with van der Waals surface area (Å²) in [6.45, 7) is 3.51. The maximum atomic E-state index is 11.7. The second-order valence-electron chi connectivity index (χ2n) is 4.12. The topological polar surface area (TPSA) is 84.2 Å². The van der Waals surface area contributed by atoms with Crippen LogP contribution in [-0.4, -0.2) is 30.9 Å². The number of hydrogen-bond acceptors (Lipinski definition) is 3. The van der Waals surface area contributed by atoms with E-state index in [0.717, 1.165) is 25.9 Å². The Labute approximate surface area is 89.8 Å². The van der Waals surface area contributed by atoms with Crippen LogP contribution in [0.2, 0.25) is 0 Å². The van der Waals surface area contributed by atoms with E-state index >= 15 is 0 Å². The summed E-state index contributed by atoms with van der Waals surface area (Å²) >= 11 is 0. The molecule has 1 fully saturated rings. The molecular formula is C10H19N3O2. The Hall–Kier alpha value is -1.10. The van der Waals surface area contributed by atoms with E-state index in [-0.39, 0.29) is 30.2 Å². The Bertz CT molecular complexity index is 237. The largest absolute Gasteiger partial charge is 0.370 e.